The molecule has 21 heavy (non-hydrogen) atoms. The van der Waals surface area contributed by atoms with Crippen LogP contribution in [-0.2, 0) is 11.3 Å². The lowest BCUT2D eigenvalue weighted by molar-refractivity contribution is -0.129. The van der Waals surface area contributed by atoms with Gasteiger partial charge in [-0.2, -0.15) is 0 Å². The molecule has 0 aliphatic carbocycles. The van der Waals surface area contributed by atoms with E-state index in [0.29, 0.717) is 18.1 Å². The van der Waals surface area contributed by atoms with Crippen molar-refractivity contribution in [2.45, 2.75) is 6.54 Å². The van der Waals surface area contributed by atoms with Gasteiger partial charge in [0.05, 0.1) is 13.1 Å². The van der Waals surface area contributed by atoms with E-state index in [-0.39, 0.29) is 12.5 Å². The molecule has 0 bridgehead atoms. The maximum atomic E-state index is 11.9. The van der Waals surface area contributed by atoms with E-state index in [1.54, 1.807) is 31.6 Å². The molecule has 3 amide bonds. The molecule has 0 fully saturated rings. The quantitative estimate of drug-likeness (QED) is 0.771. The summed E-state index contributed by atoms with van der Waals surface area (Å²) in [6, 6.07) is 8.61. The van der Waals surface area contributed by atoms with Crippen molar-refractivity contribution in [2.24, 2.45) is 0 Å². The molecule has 0 spiro atoms. The first-order valence-electron chi connectivity index (χ1n) is 6.47. The fourth-order valence-electron chi connectivity index (χ4n) is 1.68. The predicted molar refractivity (Wildman–Crippen MR) is 78.5 cm³/mol. The van der Waals surface area contributed by atoms with Crippen LogP contribution in [0.2, 0.25) is 0 Å². The Labute approximate surface area is 122 Å². The van der Waals surface area contributed by atoms with E-state index >= 15 is 0 Å². The van der Waals surface area contributed by atoms with Crippen LogP contribution in [0.5, 0.6) is 0 Å². The lowest BCUT2D eigenvalue weighted by Gasteiger charge is -2.16. The van der Waals surface area contributed by atoms with Gasteiger partial charge >= 0.3 is 6.03 Å². The Hall–Kier alpha value is -2.83. The number of nitrogens with zero attached hydrogens (tertiary/aromatic N) is 2. The van der Waals surface area contributed by atoms with Gasteiger partial charge in [-0.25, -0.2) is 9.78 Å². The Morgan fingerprint density at radius 2 is 2.05 bits per heavy atom. The maximum Gasteiger partial charge on any atom is 0.319 e. The number of hydrogen-bond acceptors (Lipinski definition) is 3. The van der Waals surface area contributed by atoms with Crippen LogP contribution >= 0.6 is 0 Å². The van der Waals surface area contributed by atoms with Crippen molar-refractivity contribution in [1.29, 1.82) is 0 Å². The van der Waals surface area contributed by atoms with Gasteiger partial charge in [-0.1, -0.05) is 18.2 Å². The molecule has 1 aromatic heterocycles. The first kappa shape index (κ1) is 14.6. The molecule has 0 atom stereocenters. The summed E-state index contributed by atoms with van der Waals surface area (Å²) in [5.41, 5.74) is 0.673. The van der Waals surface area contributed by atoms with Gasteiger partial charge in [0.2, 0.25) is 5.91 Å². The zero-order valence-corrected chi connectivity index (χ0v) is 11.7. The SMILES string of the molecule is CN(Cc1ncc[nH]1)C(=O)CNC(=O)Nc1ccccc1. The van der Waals surface area contributed by atoms with Crippen LogP contribution in [0.3, 0.4) is 0 Å². The molecule has 0 saturated carbocycles. The number of para-hydroxylation sites is 1. The summed E-state index contributed by atoms with van der Waals surface area (Å²) >= 11 is 0. The number of H-pyrrole nitrogens is 1. The number of urea groups is 1. The molecule has 0 saturated heterocycles. The van der Waals surface area contributed by atoms with Crippen LogP contribution in [0, 0.1) is 0 Å². The molecule has 1 aromatic carbocycles. The van der Waals surface area contributed by atoms with E-state index in [9.17, 15) is 9.59 Å². The first-order valence-corrected chi connectivity index (χ1v) is 6.47. The van der Waals surface area contributed by atoms with Crippen molar-refractivity contribution in [1.82, 2.24) is 20.2 Å². The Morgan fingerprint density at radius 1 is 1.29 bits per heavy atom. The van der Waals surface area contributed by atoms with Crippen molar-refractivity contribution in [3.63, 3.8) is 0 Å². The van der Waals surface area contributed by atoms with Crippen molar-refractivity contribution in [2.75, 3.05) is 18.9 Å². The number of aromatic nitrogens is 2. The van der Waals surface area contributed by atoms with Gasteiger partial charge in [0.1, 0.15) is 5.82 Å². The van der Waals surface area contributed by atoms with Gasteiger partial charge in [0.15, 0.2) is 0 Å². The van der Waals surface area contributed by atoms with Gasteiger partial charge < -0.3 is 20.5 Å². The molecular weight excluding hydrogens is 270 g/mol. The smallest absolute Gasteiger partial charge is 0.319 e. The predicted octanol–water partition coefficient (Wildman–Crippen LogP) is 1.19. The molecule has 0 radical (unpaired) electrons. The number of carbonyl (C=O) groups is 2. The van der Waals surface area contributed by atoms with E-state index in [2.05, 4.69) is 20.6 Å². The van der Waals surface area contributed by atoms with E-state index in [1.807, 2.05) is 18.2 Å². The largest absolute Gasteiger partial charge is 0.347 e. The molecule has 7 heteroatoms. The molecule has 7 nitrogen and oxygen atoms in total. The minimum absolute atomic E-state index is 0.0735. The molecular formula is C14H17N5O2. The third kappa shape index (κ3) is 4.64. The summed E-state index contributed by atoms with van der Waals surface area (Å²) in [7, 11) is 1.65. The van der Waals surface area contributed by atoms with Gasteiger partial charge in [0.25, 0.3) is 0 Å². The fraction of sp³-hybridized carbons (Fsp3) is 0.214. The number of imidazole rings is 1. The molecule has 2 rings (SSSR count). The topological polar surface area (TPSA) is 90.1 Å². The van der Waals surface area contributed by atoms with Gasteiger partial charge in [-0.15, -0.1) is 0 Å². The molecule has 1 heterocycles. The second-order valence-electron chi connectivity index (χ2n) is 4.46. The van der Waals surface area contributed by atoms with Crippen molar-refractivity contribution < 1.29 is 9.59 Å². The normalized spacial score (nSPS) is 9.95. The van der Waals surface area contributed by atoms with Gasteiger partial charge in [0, 0.05) is 25.1 Å². The van der Waals surface area contributed by atoms with Crippen LogP contribution in [0.1, 0.15) is 5.82 Å². The number of rotatable bonds is 5. The summed E-state index contributed by atoms with van der Waals surface area (Å²) in [5.74, 6) is 0.495. The molecule has 3 N–H and O–H groups in total. The Bertz CT molecular complexity index is 583. The maximum absolute atomic E-state index is 11.9. The summed E-state index contributed by atoms with van der Waals surface area (Å²) in [4.78, 5) is 32.0. The Kier molecular flexibility index (Phi) is 4.92. The number of amides is 3. The summed E-state index contributed by atoms with van der Waals surface area (Å²) in [5, 5.41) is 5.16. The molecule has 110 valence electrons. The highest BCUT2D eigenvalue weighted by Gasteiger charge is 2.11. The average Bonchev–Trinajstić information content (AvgIpc) is 2.98. The van der Waals surface area contributed by atoms with Crippen LogP contribution in [0.15, 0.2) is 42.7 Å². The number of benzene rings is 1. The van der Waals surface area contributed by atoms with Crippen molar-refractivity contribution in [3.05, 3.63) is 48.5 Å². The molecule has 2 aromatic rings. The zero-order chi connectivity index (χ0) is 15.1. The highest BCUT2D eigenvalue weighted by atomic mass is 16.2. The van der Waals surface area contributed by atoms with E-state index in [1.165, 1.54) is 4.90 Å². The number of likely N-dealkylation sites (N-methyl/N-ethyl adjacent to an activating group) is 1. The molecule has 0 aliphatic rings. The van der Waals surface area contributed by atoms with Crippen LogP contribution in [0.4, 0.5) is 10.5 Å². The lowest BCUT2D eigenvalue weighted by atomic mass is 10.3. The fourth-order valence-corrected chi connectivity index (χ4v) is 1.68. The third-order valence-corrected chi connectivity index (χ3v) is 2.80. The minimum atomic E-state index is -0.416. The number of aromatic amines is 1. The highest BCUT2D eigenvalue weighted by molar-refractivity contribution is 5.92. The monoisotopic (exact) mass is 287 g/mol. The Morgan fingerprint density at radius 3 is 2.71 bits per heavy atom. The van der Waals surface area contributed by atoms with Crippen LogP contribution < -0.4 is 10.6 Å². The van der Waals surface area contributed by atoms with E-state index in [0.717, 1.165) is 0 Å². The number of hydrogen-bond donors (Lipinski definition) is 3. The van der Waals surface area contributed by atoms with Gasteiger partial charge in [-0.3, -0.25) is 4.79 Å². The van der Waals surface area contributed by atoms with E-state index in [4.69, 9.17) is 0 Å². The van der Waals surface area contributed by atoms with Crippen LogP contribution in [-0.4, -0.2) is 40.4 Å². The average molecular weight is 287 g/mol. The molecule has 0 aliphatic heterocycles. The van der Waals surface area contributed by atoms with Gasteiger partial charge in [-0.05, 0) is 12.1 Å². The summed E-state index contributed by atoms with van der Waals surface area (Å²) in [6.45, 7) is 0.295. The second-order valence-corrected chi connectivity index (χ2v) is 4.46. The highest BCUT2D eigenvalue weighted by Crippen LogP contribution is 2.04. The standard InChI is InChI=1S/C14H17N5O2/c1-19(10-12-15-7-8-16-12)13(20)9-17-14(21)18-11-5-3-2-4-6-11/h2-8H,9-10H2,1H3,(H,15,16)(H2,17,18,21). The number of carbonyl (C=O) groups excluding carboxylic acids is 2. The minimum Gasteiger partial charge on any atom is -0.347 e. The van der Waals surface area contributed by atoms with Crippen molar-refractivity contribution in [3.8, 4) is 0 Å². The molecule has 0 unspecified atom stereocenters. The number of nitrogens with one attached hydrogen (secondary N) is 3. The summed E-state index contributed by atoms with van der Waals surface area (Å²) in [6.07, 6.45) is 3.32. The lowest BCUT2D eigenvalue weighted by Crippen LogP contribution is -2.39. The number of anilines is 1. The third-order valence-electron chi connectivity index (χ3n) is 2.80. The van der Waals surface area contributed by atoms with Crippen molar-refractivity contribution >= 4 is 17.6 Å². The zero-order valence-electron chi connectivity index (χ0n) is 11.7. The first-order chi connectivity index (χ1) is 10.1. The second kappa shape index (κ2) is 7.09. The van der Waals surface area contributed by atoms with E-state index < -0.39 is 6.03 Å². The Balaban J connectivity index is 1.74. The van der Waals surface area contributed by atoms with Crippen LogP contribution in [0.25, 0.3) is 0 Å². The summed E-state index contributed by atoms with van der Waals surface area (Å²) < 4.78 is 0.